The number of hydrogen-bond acceptors (Lipinski definition) is 8. The molecule has 2 unspecified atom stereocenters. The number of ether oxygens (including phenoxy) is 1. The molecule has 8 nitrogen and oxygen atoms in total. The number of aromatic nitrogens is 1. The highest BCUT2D eigenvalue weighted by Gasteiger charge is 2.39. The van der Waals surface area contributed by atoms with Gasteiger partial charge in [0.1, 0.15) is 6.17 Å². The van der Waals surface area contributed by atoms with E-state index in [1.54, 1.807) is 6.34 Å². The van der Waals surface area contributed by atoms with Crippen LogP contribution in [0.3, 0.4) is 0 Å². The van der Waals surface area contributed by atoms with Gasteiger partial charge in [-0.25, -0.2) is 4.99 Å². The number of rotatable bonds is 8. The van der Waals surface area contributed by atoms with E-state index in [1.807, 2.05) is 54.7 Å². The van der Waals surface area contributed by atoms with Crippen LogP contribution in [-0.2, 0) is 17.2 Å². The van der Waals surface area contributed by atoms with Gasteiger partial charge < -0.3 is 25.2 Å². The SMILES string of the molecule is CN(C)CN1C=CN(C)C1c1cc2c(cn1)NC=NC2(Nc1ccccc1)OCc1ccccc1. The Morgan fingerprint density at radius 2 is 1.80 bits per heavy atom. The van der Waals surface area contributed by atoms with Crippen LogP contribution in [0.15, 0.2) is 90.3 Å². The molecule has 2 N–H and O–H groups in total. The van der Waals surface area contributed by atoms with E-state index in [0.29, 0.717) is 6.61 Å². The lowest BCUT2D eigenvalue weighted by Gasteiger charge is -2.37. The van der Waals surface area contributed by atoms with Crippen molar-refractivity contribution in [3.63, 3.8) is 0 Å². The molecule has 8 heteroatoms. The number of fused-ring (bicyclic) bond motifs is 1. The zero-order valence-corrected chi connectivity index (χ0v) is 20.3. The third kappa shape index (κ3) is 4.84. The summed E-state index contributed by atoms with van der Waals surface area (Å²) in [5.41, 5.74) is 4.64. The van der Waals surface area contributed by atoms with Gasteiger partial charge in [-0.05, 0) is 37.9 Å². The molecule has 2 aromatic carbocycles. The number of nitrogens with one attached hydrogen (secondary N) is 2. The maximum absolute atomic E-state index is 6.60. The highest BCUT2D eigenvalue weighted by atomic mass is 16.5. The summed E-state index contributed by atoms with van der Waals surface area (Å²) in [6, 6.07) is 22.2. The molecule has 35 heavy (non-hydrogen) atoms. The van der Waals surface area contributed by atoms with Crippen molar-refractivity contribution in [2.75, 3.05) is 38.4 Å². The van der Waals surface area contributed by atoms with Crippen LogP contribution in [0.5, 0.6) is 0 Å². The molecule has 180 valence electrons. The van der Waals surface area contributed by atoms with Crippen molar-refractivity contribution in [3.8, 4) is 0 Å². The Balaban J connectivity index is 1.54. The summed E-state index contributed by atoms with van der Waals surface area (Å²) < 4.78 is 6.60. The molecule has 0 radical (unpaired) electrons. The van der Waals surface area contributed by atoms with Gasteiger partial charge in [-0.2, -0.15) is 0 Å². The molecule has 2 aliphatic heterocycles. The minimum atomic E-state index is -1.12. The molecular weight excluding hydrogens is 438 g/mol. The van der Waals surface area contributed by atoms with E-state index in [0.717, 1.165) is 34.9 Å². The Bertz CT molecular complexity index is 1200. The van der Waals surface area contributed by atoms with E-state index < -0.39 is 5.85 Å². The summed E-state index contributed by atoms with van der Waals surface area (Å²) in [6.45, 7) is 1.17. The van der Waals surface area contributed by atoms with Crippen LogP contribution < -0.4 is 10.6 Å². The van der Waals surface area contributed by atoms with Crippen LogP contribution in [0.2, 0.25) is 0 Å². The lowest BCUT2D eigenvalue weighted by molar-refractivity contribution is -0.0337. The minimum Gasteiger partial charge on any atom is -0.354 e. The summed E-state index contributed by atoms with van der Waals surface area (Å²) in [5.74, 6) is -1.12. The quantitative estimate of drug-likeness (QED) is 0.479. The number of pyridine rings is 1. The van der Waals surface area contributed by atoms with Crippen molar-refractivity contribution < 1.29 is 4.74 Å². The number of anilines is 2. The smallest absolute Gasteiger partial charge is 0.268 e. The molecule has 2 aliphatic rings. The molecule has 0 saturated heterocycles. The Morgan fingerprint density at radius 3 is 2.54 bits per heavy atom. The average molecular weight is 470 g/mol. The van der Waals surface area contributed by atoms with Crippen molar-refractivity contribution in [2.45, 2.75) is 18.6 Å². The van der Waals surface area contributed by atoms with E-state index in [1.165, 1.54) is 0 Å². The van der Waals surface area contributed by atoms with Gasteiger partial charge in [-0.15, -0.1) is 0 Å². The third-order valence-electron chi connectivity index (χ3n) is 6.04. The molecule has 2 atom stereocenters. The number of hydrogen-bond donors (Lipinski definition) is 2. The number of benzene rings is 2. The highest BCUT2D eigenvalue weighted by Crippen LogP contribution is 2.39. The molecule has 0 amide bonds. The fourth-order valence-electron chi connectivity index (χ4n) is 4.42. The van der Waals surface area contributed by atoms with Crippen LogP contribution in [0.1, 0.15) is 23.0 Å². The zero-order valence-electron chi connectivity index (χ0n) is 20.3. The van der Waals surface area contributed by atoms with Crippen LogP contribution in [0, 0.1) is 0 Å². The van der Waals surface area contributed by atoms with Gasteiger partial charge in [0, 0.05) is 25.1 Å². The first-order valence-electron chi connectivity index (χ1n) is 11.7. The number of nitrogens with zero attached hydrogens (tertiary/aromatic N) is 5. The van der Waals surface area contributed by atoms with E-state index in [4.69, 9.17) is 14.7 Å². The van der Waals surface area contributed by atoms with Gasteiger partial charge in [-0.3, -0.25) is 9.88 Å². The van der Waals surface area contributed by atoms with Gasteiger partial charge >= 0.3 is 0 Å². The average Bonchev–Trinajstić information content (AvgIpc) is 3.23. The van der Waals surface area contributed by atoms with Crippen LogP contribution in [0.4, 0.5) is 11.4 Å². The standard InChI is InChI=1S/C27H31N7O/c1-32(2)20-34-15-14-33(3)26(34)24-16-23-25(17-28-24)29-19-30-27(23,31-22-12-8-5-9-13-22)35-18-21-10-6-4-7-11-21/h4-17,19,26,31H,18,20H2,1-3H3,(H,29,30). The van der Waals surface area contributed by atoms with Crippen molar-refractivity contribution >= 4 is 17.7 Å². The fraction of sp³-hybridized carbons (Fsp3) is 0.259. The molecule has 0 saturated carbocycles. The Morgan fingerprint density at radius 1 is 1.06 bits per heavy atom. The summed E-state index contributed by atoms with van der Waals surface area (Å²) in [6.07, 6.45) is 7.68. The van der Waals surface area contributed by atoms with Crippen LogP contribution in [-0.4, -0.2) is 53.8 Å². The number of aliphatic imine (C=N–C) groups is 1. The molecule has 0 aliphatic carbocycles. The van der Waals surface area contributed by atoms with Gasteiger partial charge in [0.2, 0.25) is 0 Å². The molecule has 0 spiro atoms. The predicted octanol–water partition coefficient (Wildman–Crippen LogP) is 4.21. The van der Waals surface area contributed by atoms with E-state index in [9.17, 15) is 0 Å². The maximum Gasteiger partial charge on any atom is 0.268 e. The summed E-state index contributed by atoms with van der Waals surface area (Å²) >= 11 is 0. The monoisotopic (exact) mass is 469 g/mol. The third-order valence-corrected chi connectivity index (χ3v) is 6.04. The molecule has 0 bridgehead atoms. The molecule has 3 heterocycles. The maximum atomic E-state index is 6.60. The van der Waals surface area contributed by atoms with E-state index in [-0.39, 0.29) is 6.17 Å². The second-order valence-electron chi connectivity index (χ2n) is 9.04. The molecular formula is C27H31N7O. The van der Waals surface area contributed by atoms with Crippen molar-refractivity contribution in [1.29, 1.82) is 0 Å². The summed E-state index contributed by atoms with van der Waals surface area (Å²) in [7, 11) is 6.19. The van der Waals surface area contributed by atoms with E-state index in [2.05, 4.69) is 77.1 Å². The van der Waals surface area contributed by atoms with Crippen molar-refractivity contribution in [1.82, 2.24) is 19.7 Å². The first-order chi connectivity index (χ1) is 17.0. The van der Waals surface area contributed by atoms with Crippen molar-refractivity contribution in [2.24, 2.45) is 4.99 Å². The predicted molar refractivity (Wildman–Crippen MR) is 139 cm³/mol. The Kier molecular flexibility index (Phi) is 6.39. The first kappa shape index (κ1) is 22.9. The van der Waals surface area contributed by atoms with Gasteiger partial charge in [0.25, 0.3) is 5.85 Å². The largest absolute Gasteiger partial charge is 0.354 e. The molecule has 5 rings (SSSR count). The topological polar surface area (TPSA) is 68.3 Å². The summed E-state index contributed by atoms with van der Waals surface area (Å²) in [4.78, 5) is 16.2. The Hall–Kier alpha value is -3.88. The highest BCUT2D eigenvalue weighted by molar-refractivity contribution is 5.81. The first-order valence-corrected chi connectivity index (χ1v) is 11.7. The normalized spacial score (nSPS) is 20.7. The molecule has 1 aromatic heterocycles. The van der Waals surface area contributed by atoms with E-state index >= 15 is 0 Å². The van der Waals surface area contributed by atoms with Gasteiger partial charge in [0.15, 0.2) is 0 Å². The van der Waals surface area contributed by atoms with Gasteiger partial charge in [-0.1, -0.05) is 48.5 Å². The molecule has 0 fully saturated rings. The van der Waals surface area contributed by atoms with Crippen molar-refractivity contribution in [3.05, 3.63) is 102 Å². The van der Waals surface area contributed by atoms with Gasteiger partial charge in [0.05, 0.1) is 42.8 Å². The second kappa shape index (κ2) is 9.77. The minimum absolute atomic E-state index is 0.0304. The lowest BCUT2D eigenvalue weighted by atomic mass is 10.0. The summed E-state index contributed by atoms with van der Waals surface area (Å²) in [5, 5.41) is 6.80. The lowest BCUT2D eigenvalue weighted by Crippen LogP contribution is -2.41. The van der Waals surface area contributed by atoms with Crippen LogP contribution in [0.25, 0.3) is 0 Å². The molecule has 3 aromatic rings. The fourth-order valence-corrected chi connectivity index (χ4v) is 4.42. The van der Waals surface area contributed by atoms with Crippen LogP contribution >= 0.6 is 0 Å². The number of para-hydroxylation sites is 1. The second-order valence-corrected chi connectivity index (χ2v) is 9.04. The Labute approximate surface area is 206 Å². The zero-order chi connectivity index (χ0) is 24.3.